The number of nitrogens with one attached hydrogen (secondary N) is 1. The first-order valence-corrected chi connectivity index (χ1v) is 8.55. The van der Waals surface area contributed by atoms with E-state index in [-0.39, 0.29) is 11.7 Å². The van der Waals surface area contributed by atoms with Gasteiger partial charge in [-0.3, -0.25) is 4.79 Å². The normalized spacial score (nSPS) is 10.2. The Morgan fingerprint density at radius 2 is 1.59 bits per heavy atom. The average molecular weight is 377 g/mol. The summed E-state index contributed by atoms with van der Waals surface area (Å²) in [5.41, 5.74) is 0.423. The van der Waals surface area contributed by atoms with Crippen LogP contribution < -0.4 is 24.3 Å². The molecule has 2 aromatic carbocycles. The zero-order chi connectivity index (χ0) is 19.6. The largest absolute Gasteiger partial charge is 0.494 e. The molecule has 0 aromatic heterocycles. The summed E-state index contributed by atoms with van der Waals surface area (Å²) in [6.07, 6.45) is 1.50. The molecule has 2 rings (SSSR count). The second-order valence-electron chi connectivity index (χ2n) is 5.68. The van der Waals surface area contributed by atoms with Gasteiger partial charge in [-0.2, -0.15) is 0 Å². The summed E-state index contributed by atoms with van der Waals surface area (Å²) in [6.45, 7) is 0.994. The molecule has 0 radical (unpaired) electrons. The maximum atomic E-state index is 12.8. The number of carbonyl (C=O) groups excluding carboxylic acids is 1. The molecule has 0 aliphatic carbocycles. The van der Waals surface area contributed by atoms with Gasteiger partial charge >= 0.3 is 0 Å². The summed E-state index contributed by atoms with van der Waals surface area (Å²) in [6, 6.07) is 9.09. The van der Waals surface area contributed by atoms with Gasteiger partial charge in [0.05, 0.1) is 27.9 Å². The van der Waals surface area contributed by atoms with Gasteiger partial charge in [-0.25, -0.2) is 4.39 Å². The number of rotatable bonds is 10. The maximum absolute atomic E-state index is 12.8. The van der Waals surface area contributed by atoms with Crippen molar-refractivity contribution in [2.75, 3.05) is 34.5 Å². The van der Waals surface area contributed by atoms with Crippen molar-refractivity contribution in [3.63, 3.8) is 0 Å². The summed E-state index contributed by atoms with van der Waals surface area (Å²) in [5, 5.41) is 2.85. The smallest absolute Gasteiger partial charge is 0.251 e. The molecule has 1 amide bonds. The van der Waals surface area contributed by atoms with E-state index in [0.717, 1.165) is 12.8 Å². The first kappa shape index (κ1) is 20.4. The Balaban J connectivity index is 1.79. The minimum Gasteiger partial charge on any atom is -0.494 e. The van der Waals surface area contributed by atoms with Crippen LogP contribution in [0.4, 0.5) is 4.39 Å². The van der Waals surface area contributed by atoms with E-state index in [1.54, 1.807) is 24.3 Å². The van der Waals surface area contributed by atoms with Crippen LogP contribution in [0, 0.1) is 5.82 Å². The van der Waals surface area contributed by atoms with Gasteiger partial charge in [-0.05, 0) is 49.2 Å². The van der Waals surface area contributed by atoms with Crippen molar-refractivity contribution in [2.45, 2.75) is 12.8 Å². The zero-order valence-corrected chi connectivity index (χ0v) is 15.7. The Morgan fingerprint density at radius 1 is 0.963 bits per heavy atom. The molecular formula is C20H24FNO5. The number of methoxy groups -OCH3 is 3. The molecule has 0 unspecified atom stereocenters. The lowest BCUT2D eigenvalue weighted by Gasteiger charge is -2.14. The predicted molar refractivity (Wildman–Crippen MR) is 99.6 cm³/mol. The van der Waals surface area contributed by atoms with Crippen molar-refractivity contribution < 1.29 is 28.1 Å². The van der Waals surface area contributed by atoms with Crippen LogP contribution in [0.3, 0.4) is 0 Å². The lowest BCUT2D eigenvalue weighted by Crippen LogP contribution is -2.24. The quantitative estimate of drug-likeness (QED) is 0.643. The number of amides is 1. The van der Waals surface area contributed by atoms with Crippen LogP contribution in [-0.2, 0) is 0 Å². The topological polar surface area (TPSA) is 66.0 Å². The summed E-state index contributed by atoms with van der Waals surface area (Å²) in [7, 11) is 4.51. The first-order valence-electron chi connectivity index (χ1n) is 8.55. The van der Waals surface area contributed by atoms with Crippen LogP contribution in [0.25, 0.3) is 0 Å². The number of carbonyl (C=O) groups is 1. The maximum Gasteiger partial charge on any atom is 0.251 e. The van der Waals surface area contributed by atoms with Crippen LogP contribution in [0.5, 0.6) is 23.0 Å². The molecule has 0 atom stereocenters. The molecule has 7 heteroatoms. The van der Waals surface area contributed by atoms with Gasteiger partial charge in [0, 0.05) is 12.1 Å². The fourth-order valence-corrected chi connectivity index (χ4v) is 2.46. The van der Waals surface area contributed by atoms with E-state index in [4.69, 9.17) is 18.9 Å². The van der Waals surface area contributed by atoms with Crippen molar-refractivity contribution in [2.24, 2.45) is 0 Å². The first-order chi connectivity index (χ1) is 13.1. The molecule has 0 saturated heterocycles. The van der Waals surface area contributed by atoms with Gasteiger partial charge in [0.1, 0.15) is 11.6 Å². The van der Waals surface area contributed by atoms with E-state index in [1.807, 2.05) is 0 Å². The SMILES string of the molecule is COc1cc(C(=O)NCCCCOc2ccc(F)cc2)cc(OC)c1OC. The molecule has 0 fully saturated rings. The van der Waals surface area contributed by atoms with E-state index >= 15 is 0 Å². The molecule has 6 nitrogen and oxygen atoms in total. The standard InChI is InChI=1S/C20H24FNO5/c1-24-17-12-14(13-18(25-2)19(17)26-3)20(23)22-10-4-5-11-27-16-8-6-15(21)7-9-16/h6-9,12-13H,4-5,10-11H2,1-3H3,(H,22,23). The Morgan fingerprint density at radius 3 is 2.15 bits per heavy atom. The molecule has 0 bridgehead atoms. The second kappa shape index (κ2) is 10.3. The van der Waals surface area contributed by atoms with Gasteiger partial charge in [-0.15, -0.1) is 0 Å². The van der Waals surface area contributed by atoms with Gasteiger partial charge in [0.15, 0.2) is 11.5 Å². The van der Waals surface area contributed by atoms with Crippen molar-refractivity contribution in [1.29, 1.82) is 0 Å². The number of hydrogen-bond acceptors (Lipinski definition) is 5. The van der Waals surface area contributed by atoms with Crippen molar-refractivity contribution in [1.82, 2.24) is 5.32 Å². The van der Waals surface area contributed by atoms with Crippen LogP contribution in [0.2, 0.25) is 0 Å². The Hall–Kier alpha value is -2.96. The van der Waals surface area contributed by atoms with Crippen molar-refractivity contribution in [3.8, 4) is 23.0 Å². The Kier molecular flexibility index (Phi) is 7.73. The van der Waals surface area contributed by atoms with E-state index in [2.05, 4.69) is 5.32 Å². The molecule has 0 spiro atoms. The molecule has 27 heavy (non-hydrogen) atoms. The van der Waals surface area contributed by atoms with Crippen LogP contribution in [0.1, 0.15) is 23.2 Å². The lowest BCUT2D eigenvalue weighted by atomic mass is 10.1. The summed E-state index contributed by atoms with van der Waals surface area (Å²) in [4.78, 5) is 12.3. The minimum absolute atomic E-state index is 0.228. The Labute approximate surface area is 158 Å². The van der Waals surface area contributed by atoms with E-state index < -0.39 is 0 Å². The van der Waals surface area contributed by atoms with Crippen molar-refractivity contribution in [3.05, 3.63) is 47.8 Å². The number of hydrogen-bond donors (Lipinski definition) is 1. The third-order valence-electron chi connectivity index (χ3n) is 3.87. The molecule has 0 aliphatic rings. The highest BCUT2D eigenvalue weighted by atomic mass is 19.1. The fraction of sp³-hybridized carbons (Fsp3) is 0.350. The predicted octanol–water partition coefficient (Wildman–Crippen LogP) is 3.44. The highest BCUT2D eigenvalue weighted by Crippen LogP contribution is 2.38. The minimum atomic E-state index is -0.295. The van der Waals surface area contributed by atoms with E-state index in [0.29, 0.717) is 41.7 Å². The van der Waals surface area contributed by atoms with Crippen LogP contribution in [0.15, 0.2) is 36.4 Å². The highest BCUT2D eigenvalue weighted by Gasteiger charge is 2.16. The number of benzene rings is 2. The zero-order valence-electron chi connectivity index (χ0n) is 15.7. The van der Waals surface area contributed by atoms with E-state index in [9.17, 15) is 9.18 Å². The van der Waals surface area contributed by atoms with Gasteiger partial charge in [-0.1, -0.05) is 0 Å². The summed E-state index contributed by atoms with van der Waals surface area (Å²) in [5.74, 6) is 1.39. The highest BCUT2D eigenvalue weighted by molar-refractivity contribution is 5.95. The number of ether oxygens (including phenoxy) is 4. The van der Waals surface area contributed by atoms with Crippen LogP contribution >= 0.6 is 0 Å². The number of unbranched alkanes of at least 4 members (excludes halogenated alkanes) is 1. The molecule has 2 aromatic rings. The van der Waals surface area contributed by atoms with E-state index in [1.165, 1.54) is 33.5 Å². The number of halogens is 1. The molecule has 0 aliphatic heterocycles. The van der Waals surface area contributed by atoms with Gasteiger partial charge < -0.3 is 24.3 Å². The lowest BCUT2D eigenvalue weighted by molar-refractivity contribution is 0.0951. The van der Waals surface area contributed by atoms with Crippen LogP contribution in [-0.4, -0.2) is 40.4 Å². The molecule has 146 valence electrons. The third-order valence-corrected chi connectivity index (χ3v) is 3.87. The third kappa shape index (κ3) is 5.77. The van der Waals surface area contributed by atoms with Crippen molar-refractivity contribution >= 4 is 5.91 Å². The fourth-order valence-electron chi connectivity index (χ4n) is 2.46. The molecule has 1 N–H and O–H groups in total. The molecule has 0 heterocycles. The Bertz CT molecular complexity index is 724. The average Bonchev–Trinajstić information content (AvgIpc) is 2.70. The molecular weight excluding hydrogens is 353 g/mol. The van der Waals surface area contributed by atoms with Gasteiger partial charge in [0.2, 0.25) is 5.75 Å². The second-order valence-corrected chi connectivity index (χ2v) is 5.68. The van der Waals surface area contributed by atoms with Gasteiger partial charge in [0.25, 0.3) is 5.91 Å². The summed E-state index contributed by atoms with van der Waals surface area (Å²) < 4.78 is 34.1. The molecule has 0 saturated carbocycles. The summed E-state index contributed by atoms with van der Waals surface area (Å²) >= 11 is 0. The monoisotopic (exact) mass is 377 g/mol.